The van der Waals surface area contributed by atoms with E-state index in [1.54, 1.807) is 6.08 Å². The Bertz CT molecular complexity index is 424. The number of benzene rings is 1. The van der Waals surface area contributed by atoms with Gasteiger partial charge in [0.15, 0.2) is 5.12 Å². The van der Waals surface area contributed by atoms with Gasteiger partial charge in [-0.15, -0.1) is 0 Å². The second kappa shape index (κ2) is 6.12. The molecule has 0 aromatic heterocycles. The van der Waals surface area contributed by atoms with Gasteiger partial charge in [0.2, 0.25) is 0 Å². The molecule has 0 unspecified atom stereocenters. The zero-order valence-electron chi connectivity index (χ0n) is 8.84. The summed E-state index contributed by atoms with van der Waals surface area (Å²) >= 11 is 1.21. The Kier molecular flexibility index (Phi) is 4.79. The van der Waals surface area contributed by atoms with Crippen molar-refractivity contribution in [1.29, 1.82) is 0 Å². The summed E-state index contributed by atoms with van der Waals surface area (Å²) in [6.07, 6.45) is 2.63. The number of rotatable bonds is 4. The highest BCUT2D eigenvalue weighted by Crippen LogP contribution is 2.18. The first kappa shape index (κ1) is 12.5. The third-order valence-electron chi connectivity index (χ3n) is 1.89. The lowest BCUT2D eigenvalue weighted by atomic mass is 10.1. The van der Waals surface area contributed by atoms with Crippen LogP contribution in [0.4, 0.5) is 0 Å². The minimum Gasteiger partial charge on any atom is -0.478 e. The first-order valence-corrected chi connectivity index (χ1v) is 5.70. The highest BCUT2D eigenvalue weighted by molar-refractivity contribution is 8.12. The van der Waals surface area contributed by atoms with Gasteiger partial charge >= 0.3 is 5.97 Å². The molecule has 0 atom stereocenters. The fraction of sp³-hybridized carbons (Fsp3) is 0.167. The lowest BCUT2D eigenvalue weighted by molar-refractivity contribution is -0.131. The largest absolute Gasteiger partial charge is 0.478 e. The second-order valence-corrected chi connectivity index (χ2v) is 4.30. The minimum atomic E-state index is -0.978. The number of thioether (sulfide) groups is 1. The van der Waals surface area contributed by atoms with Crippen LogP contribution in [-0.4, -0.2) is 16.2 Å². The molecule has 0 saturated carbocycles. The quantitative estimate of drug-likeness (QED) is 0.816. The Balaban J connectivity index is 2.83. The van der Waals surface area contributed by atoms with Gasteiger partial charge in [0.05, 0.1) is 0 Å². The van der Waals surface area contributed by atoms with Crippen molar-refractivity contribution in [2.24, 2.45) is 0 Å². The van der Waals surface area contributed by atoms with Crippen molar-refractivity contribution in [1.82, 2.24) is 0 Å². The van der Waals surface area contributed by atoms with E-state index in [9.17, 15) is 9.59 Å². The molecule has 0 heterocycles. The maximum Gasteiger partial charge on any atom is 0.328 e. The van der Waals surface area contributed by atoms with Gasteiger partial charge in [0.25, 0.3) is 0 Å². The van der Waals surface area contributed by atoms with Gasteiger partial charge in [-0.25, -0.2) is 4.79 Å². The van der Waals surface area contributed by atoms with Crippen molar-refractivity contribution in [3.8, 4) is 0 Å². The Morgan fingerprint density at radius 2 is 2.06 bits per heavy atom. The number of carbonyl (C=O) groups is 2. The monoisotopic (exact) mass is 236 g/mol. The summed E-state index contributed by atoms with van der Waals surface area (Å²) in [5, 5.41) is 8.59. The fourth-order valence-corrected chi connectivity index (χ4v) is 1.79. The van der Waals surface area contributed by atoms with Crippen molar-refractivity contribution in [2.75, 3.05) is 0 Å². The number of hydrogen-bond acceptors (Lipinski definition) is 3. The fourth-order valence-electron chi connectivity index (χ4n) is 1.17. The summed E-state index contributed by atoms with van der Waals surface area (Å²) in [6.45, 7) is 1.51. The van der Waals surface area contributed by atoms with Gasteiger partial charge in [-0.2, -0.15) is 0 Å². The van der Waals surface area contributed by atoms with Gasteiger partial charge in [-0.3, -0.25) is 4.79 Å². The summed E-state index contributed by atoms with van der Waals surface area (Å²) in [5.74, 6) is -0.413. The summed E-state index contributed by atoms with van der Waals surface area (Å²) in [4.78, 5) is 21.2. The van der Waals surface area contributed by atoms with E-state index < -0.39 is 5.97 Å². The van der Waals surface area contributed by atoms with Crippen LogP contribution in [0.1, 0.15) is 18.1 Å². The van der Waals surface area contributed by atoms with Crippen molar-refractivity contribution in [3.63, 3.8) is 0 Å². The molecular weight excluding hydrogens is 224 g/mol. The molecule has 4 heteroatoms. The number of hydrogen-bond donors (Lipinski definition) is 1. The van der Waals surface area contributed by atoms with Gasteiger partial charge in [0.1, 0.15) is 0 Å². The molecule has 0 fully saturated rings. The van der Waals surface area contributed by atoms with Crippen molar-refractivity contribution >= 4 is 28.9 Å². The number of carboxylic acid groups (broad SMARTS) is 1. The molecule has 1 N–H and O–H groups in total. The third-order valence-corrected chi connectivity index (χ3v) is 2.75. The van der Waals surface area contributed by atoms with E-state index in [0.717, 1.165) is 17.2 Å². The molecule has 0 aliphatic carbocycles. The number of aliphatic carboxylic acids is 1. The van der Waals surface area contributed by atoms with Crippen molar-refractivity contribution < 1.29 is 14.7 Å². The van der Waals surface area contributed by atoms with Crippen LogP contribution in [0.15, 0.2) is 30.3 Å². The molecule has 3 nitrogen and oxygen atoms in total. The lowest BCUT2D eigenvalue weighted by Crippen LogP contribution is -1.91. The Morgan fingerprint density at radius 3 is 2.69 bits per heavy atom. The van der Waals surface area contributed by atoms with Crippen molar-refractivity contribution in [2.45, 2.75) is 12.7 Å². The molecule has 1 aromatic carbocycles. The molecule has 0 amide bonds. The average molecular weight is 236 g/mol. The van der Waals surface area contributed by atoms with Crippen LogP contribution >= 0.6 is 11.8 Å². The molecule has 0 aliphatic heterocycles. The van der Waals surface area contributed by atoms with Gasteiger partial charge in [0, 0.05) is 18.8 Å². The zero-order valence-corrected chi connectivity index (χ0v) is 9.66. The molecule has 1 aromatic rings. The van der Waals surface area contributed by atoms with Crippen LogP contribution in [0.5, 0.6) is 0 Å². The average Bonchev–Trinajstić information content (AvgIpc) is 2.24. The Morgan fingerprint density at radius 1 is 1.38 bits per heavy atom. The van der Waals surface area contributed by atoms with Crippen LogP contribution in [-0.2, 0) is 15.3 Å². The number of carbonyl (C=O) groups excluding carboxylic acids is 1. The Labute approximate surface area is 98.2 Å². The van der Waals surface area contributed by atoms with E-state index in [4.69, 9.17) is 5.11 Å². The predicted octanol–water partition coefficient (Wildman–Crippen LogP) is 2.56. The smallest absolute Gasteiger partial charge is 0.328 e. The molecule has 0 radical (unpaired) electrons. The maximum absolute atomic E-state index is 10.8. The van der Waals surface area contributed by atoms with E-state index in [0.29, 0.717) is 5.75 Å². The molecule has 1 rings (SSSR count). The predicted molar refractivity (Wildman–Crippen MR) is 65.1 cm³/mol. The first-order chi connectivity index (χ1) is 7.59. The lowest BCUT2D eigenvalue weighted by Gasteiger charge is -2.03. The SMILES string of the molecule is CC(=O)SCc1ccccc1C=CC(=O)O. The second-order valence-electron chi connectivity index (χ2n) is 3.15. The maximum atomic E-state index is 10.8. The van der Waals surface area contributed by atoms with Crippen LogP contribution in [0.25, 0.3) is 6.08 Å². The van der Waals surface area contributed by atoms with Crippen LogP contribution in [0.2, 0.25) is 0 Å². The number of carboxylic acids is 1. The normalized spacial score (nSPS) is 10.6. The summed E-state index contributed by atoms with van der Waals surface area (Å²) in [5.41, 5.74) is 1.79. The van der Waals surface area contributed by atoms with Crippen LogP contribution < -0.4 is 0 Å². The molecule has 0 aliphatic rings. The Hall–Kier alpha value is -1.55. The van der Waals surface area contributed by atoms with Gasteiger partial charge in [-0.1, -0.05) is 36.0 Å². The van der Waals surface area contributed by atoms with E-state index in [2.05, 4.69) is 0 Å². The zero-order chi connectivity index (χ0) is 12.0. The summed E-state index contributed by atoms with van der Waals surface area (Å²) < 4.78 is 0. The standard InChI is InChI=1S/C12H12O3S/c1-9(13)16-8-11-5-3-2-4-10(11)6-7-12(14)15/h2-7H,8H2,1H3,(H,14,15). The summed E-state index contributed by atoms with van der Waals surface area (Å²) in [6, 6.07) is 7.42. The first-order valence-electron chi connectivity index (χ1n) is 4.72. The molecule has 0 bridgehead atoms. The minimum absolute atomic E-state index is 0.0528. The molecule has 0 spiro atoms. The third kappa shape index (κ3) is 4.31. The molecule has 0 saturated heterocycles. The topological polar surface area (TPSA) is 54.4 Å². The van der Waals surface area contributed by atoms with Crippen LogP contribution in [0, 0.1) is 0 Å². The highest BCUT2D eigenvalue weighted by atomic mass is 32.2. The van der Waals surface area contributed by atoms with Crippen LogP contribution in [0.3, 0.4) is 0 Å². The molecule has 84 valence electrons. The van der Waals surface area contributed by atoms with Gasteiger partial charge < -0.3 is 5.11 Å². The van der Waals surface area contributed by atoms with E-state index in [-0.39, 0.29) is 5.12 Å². The molecular formula is C12H12O3S. The van der Waals surface area contributed by atoms with E-state index >= 15 is 0 Å². The van der Waals surface area contributed by atoms with E-state index in [1.165, 1.54) is 18.7 Å². The summed E-state index contributed by atoms with van der Waals surface area (Å²) in [7, 11) is 0. The highest BCUT2D eigenvalue weighted by Gasteiger charge is 2.01. The van der Waals surface area contributed by atoms with Gasteiger partial charge in [-0.05, 0) is 17.2 Å². The van der Waals surface area contributed by atoms with E-state index in [1.807, 2.05) is 24.3 Å². The van der Waals surface area contributed by atoms with Crippen molar-refractivity contribution in [3.05, 3.63) is 41.5 Å². The molecule has 16 heavy (non-hydrogen) atoms.